The zero-order chi connectivity index (χ0) is 13.8. The molecule has 3 heteroatoms. The molecule has 2 rings (SSSR count). The number of aliphatic hydroxyl groups is 1. The predicted molar refractivity (Wildman–Crippen MR) is 79.1 cm³/mol. The zero-order valence-electron chi connectivity index (χ0n) is 12.3. The third-order valence-corrected chi connectivity index (χ3v) is 4.42. The van der Waals surface area contributed by atoms with Crippen molar-refractivity contribution in [3.05, 3.63) is 35.9 Å². The molecule has 3 atom stereocenters. The van der Waals surface area contributed by atoms with Gasteiger partial charge in [0.2, 0.25) is 0 Å². The summed E-state index contributed by atoms with van der Waals surface area (Å²) in [7, 11) is 4.32. The number of likely N-dealkylation sites (N-methyl/N-ethyl adjacent to an activating group) is 2. The molecular weight excluding hydrogens is 236 g/mol. The summed E-state index contributed by atoms with van der Waals surface area (Å²) < 4.78 is 0. The van der Waals surface area contributed by atoms with Gasteiger partial charge in [-0.3, -0.25) is 4.90 Å². The summed E-state index contributed by atoms with van der Waals surface area (Å²) in [6.07, 6.45) is 2.06. The van der Waals surface area contributed by atoms with Crippen LogP contribution in [0.25, 0.3) is 0 Å². The molecule has 1 aliphatic heterocycles. The van der Waals surface area contributed by atoms with Crippen LogP contribution in [0, 0.1) is 0 Å². The first-order valence-electron chi connectivity index (χ1n) is 7.23. The summed E-state index contributed by atoms with van der Waals surface area (Å²) in [5.74, 6) is 0. The number of rotatable bonds is 4. The summed E-state index contributed by atoms with van der Waals surface area (Å²) in [5.41, 5.74) is 1.01. The molecule has 0 spiro atoms. The van der Waals surface area contributed by atoms with Crippen molar-refractivity contribution in [3.63, 3.8) is 0 Å². The van der Waals surface area contributed by atoms with Gasteiger partial charge in [0.1, 0.15) is 0 Å². The molecule has 1 aromatic rings. The Bertz CT molecular complexity index is 382. The molecule has 19 heavy (non-hydrogen) atoms. The Morgan fingerprint density at radius 1 is 1.32 bits per heavy atom. The predicted octanol–water partition coefficient (Wildman–Crippen LogP) is 2.13. The molecule has 0 aromatic heterocycles. The molecule has 3 nitrogen and oxygen atoms in total. The highest BCUT2D eigenvalue weighted by atomic mass is 16.3. The molecule has 106 valence electrons. The number of aliphatic hydroxyl groups excluding tert-OH is 1. The average molecular weight is 262 g/mol. The lowest BCUT2D eigenvalue weighted by Gasteiger charge is -2.40. The minimum Gasteiger partial charge on any atom is -0.387 e. The highest BCUT2D eigenvalue weighted by molar-refractivity contribution is 5.18. The Labute approximate surface area is 116 Å². The van der Waals surface area contributed by atoms with E-state index in [0.29, 0.717) is 6.04 Å². The fourth-order valence-electron chi connectivity index (χ4n) is 2.96. The third kappa shape index (κ3) is 3.56. The average Bonchev–Trinajstić information content (AvgIpc) is 2.46. The topological polar surface area (TPSA) is 26.7 Å². The van der Waals surface area contributed by atoms with Gasteiger partial charge in [-0.25, -0.2) is 0 Å². The van der Waals surface area contributed by atoms with E-state index >= 15 is 0 Å². The van der Waals surface area contributed by atoms with Gasteiger partial charge in [0.05, 0.1) is 6.10 Å². The van der Waals surface area contributed by atoms with Crippen LogP contribution in [0.2, 0.25) is 0 Å². The Hall–Kier alpha value is -0.900. The van der Waals surface area contributed by atoms with Crippen LogP contribution in [-0.2, 0) is 0 Å². The molecule has 1 saturated heterocycles. The van der Waals surface area contributed by atoms with Crippen molar-refractivity contribution in [1.29, 1.82) is 0 Å². The lowest BCUT2D eigenvalue weighted by Crippen LogP contribution is -2.49. The maximum atomic E-state index is 10.5. The van der Waals surface area contributed by atoms with Gasteiger partial charge in [-0.1, -0.05) is 30.3 Å². The summed E-state index contributed by atoms with van der Waals surface area (Å²) in [4.78, 5) is 4.72. The van der Waals surface area contributed by atoms with Crippen LogP contribution < -0.4 is 0 Å². The monoisotopic (exact) mass is 262 g/mol. The van der Waals surface area contributed by atoms with E-state index in [9.17, 15) is 5.11 Å². The molecule has 1 fully saturated rings. The minimum atomic E-state index is -0.418. The summed E-state index contributed by atoms with van der Waals surface area (Å²) in [6.45, 7) is 4.41. The molecular formula is C16H26N2O. The highest BCUT2D eigenvalue weighted by Crippen LogP contribution is 2.24. The Morgan fingerprint density at radius 3 is 2.63 bits per heavy atom. The first-order chi connectivity index (χ1) is 9.09. The highest BCUT2D eigenvalue weighted by Gasteiger charge is 2.28. The van der Waals surface area contributed by atoms with Crippen molar-refractivity contribution < 1.29 is 5.11 Å². The number of hydrogen-bond acceptors (Lipinski definition) is 3. The molecule has 0 aliphatic carbocycles. The van der Waals surface area contributed by atoms with Gasteiger partial charge < -0.3 is 10.0 Å². The van der Waals surface area contributed by atoms with Crippen LogP contribution in [0.5, 0.6) is 0 Å². The second-order valence-corrected chi connectivity index (χ2v) is 5.82. The molecule has 0 bridgehead atoms. The summed E-state index contributed by atoms with van der Waals surface area (Å²) >= 11 is 0. The van der Waals surface area contributed by atoms with Crippen molar-refractivity contribution in [2.75, 3.05) is 27.2 Å². The molecule has 1 aromatic carbocycles. The first-order valence-corrected chi connectivity index (χ1v) is 7.23. The lowest BCUT2D eigenvalue weighted by molar-refractivity contribution is 0.0275. The maximum Gasteiger partial charge on any atom is 0.0942 e. The van der Waals surface area contributed by atoms with Crippen LogP contribution in [0.1, 0.15) is 31.4 Å². The van der Waals surface area contributed by atoms with E-state index in [1.54, 1.807) is 0 Å². The number of likely N-dealkylation sites (tertiary alicyclic amines) is 1. The van der Waals surface area contributed by atoms with Crippen LogP contribution in [-0.4, -0.2) is 54.2 Å². The molecule has 1 heterocycles. The van der Waals surface area contributed by atoms with Gasteiger partial charge in [0.25, 0.3) is 0 Å². The van der Waals surface area contributed by atoms with E-state index in [-0.39, 0.29) is 6.04 Å². The lowest BCUT2D eigenvalue weighted by atomic mass is 9.98. The standard InChI is InChI=1S/C16H26N2O/c1-13(16(19)14-8-5-4-6-9-14)18(3)15-10-7-11-17(2)12-15/h4-6,8-9,13,15-16,19H,7,10-12H2,1-3H3. The van der Waals surface area contributed by atoms with E-state index in [1.165, 1.54) is 19.4 Å². The van der Waals surface area contributed by atoms with Gasteiger partial charge in [-0.05, 0) is 46.0 Å². The molecule has 0 amide bonds. The van der Waals surface area contributed by atoms with Crippen molar-refractivity contribution in [2.24, 2.45) is 0 Å². The van der Waals surface area contributed by atoms with E-state index in [2.05, 4.69) is 30.8 Å². The fraction of sp³-hybridized carbons (Fsp3) is 0.625. The Kier molecular flexibility index (Phi) is 4.97. The minimum absolute atomic E-state index is 0.138. The number of nitrogens with zero attached hydrogens (tertiary/aromatic N) is 2. The fourth-order valence-corrected chi connectivity index (χ4v) is 2.96. The van der Waals surface area contributed by atoms with Gasteiger partial charge >= 0.3 is 0 Å². The largest absolute Gasteiger partial charge is 0.387 e. The van der Waals surface area contributed by atoms with Crippen LogP contribution >= 0.6 is 0 Å². The van der Waals surface area contributed by atoms with Crippen molar-refractivity contribution in [1.82, 2.24) is 9.80 Å². The Morgan fingerprint density at radius 2 is 2.00 bits per heavy atom. The van der Waals surface area contributed by atoms with Crippen LogP contribution in [0.15, 0.2) is 30.3 Å². The van der Waals surface area contributed by atoms with Crippen molar-refractivity contribution >= 4 is 0 Å². The summed E-state index contributed by atoms with van der Waals surface area (Å²) in [6, 6.07) is 10.6. The molecule has 1 aliphatic rings. The van der Waals surface area contributed by atoms with Crippen molar-refractivity contribution in [2.45, 2.75) is 38.0 Å². The zero-order valence-corrected chi connectivity index (χ0v) is 12.3. The number of hydrogen-bond donors (Lipinski definition) is 1. The SMILES string of the molecule is CC(C(O)c1ccccc1)N(C)C1CCCN(C)C1. The molecule has 0 radical (unpaired) electrons. The first kappa shape index (κ1) is 14.5. The number of benzene rings is 1. The second kappa shape index (κ2) is 6.51. The molecule has 3 unspecified atom stereocenters. The van der Waals surface area contributed by atoms with Gasteiger partial charge in [0.15, 0.2) is 0 Å². The second-order valence-electron chi connectivity index (χ2n) is 5.82. The third-order valence-electron chi connectivity index (χ3n) is 4.42. The van der Waals surface area contributed by atoms with Crippen LogP contribution in [0.4, 0.5) is 0 Å². The maximum absolute atomic E-state index is 10.5. The Balaban J connectivity index is 2.00. The molecule has 0 saturated carbocycles. The van der Waals surface area contributed by atoms with Gasteiger partial charge in [0, 0.05) is 18.6 Å². The van der Waals surface area contributed by atoms with Gasteiger partial charge in [-0.2, -0.15) is 0 Å². The van der Waals surface area contributed by atoms with E-state index in [0.717, 1.165) is 12.1 Å². The molecule has 1 N–H and O–H groups in total. The normalized spacial score (nSPS) is 24.4. The quantitative estimate of drug-likeness (QED) is 0.900. The van der Waals surface area contributed by atoms with E-state index in [4.69, 9.17) is 0 Å². The number of piperidine rings is 1. The van der Waals surface area contributed by atoms with Gasteiger partial charge in [-0.15, -0.1) is 0 Å². The van der Waals surface area contributed by atoms with E-state index in [1.807, 2.05) is 30.3 Å². The summed E-state index contributed by atoms with van der Waals surface area (Å²) in [5, 5.41) is 10.5. The van der Waals surface area contributed by atoms with E-state index < -0.39 is 6.10 Å². The van der Waals surface area contributed by atoms with Crippen molar-refractivity contribution in [3.8, 4) is 0 Å². The smallest absolute Gasteiger partial charge is 0.0942 e. The van der Waals surface area contributed by atoms with Crippen LogP contribution in [0.3, 0.4) is 0 Å².